The van der Waals surface area contributed by atoms with Gasteiger partial charge in [-0.3, -0.25) is 4.79 Å². The lowest BCUT2D eigenvalue weighted by Crippen LogP contribution is -2.37. The molecule has 36 heavy (non-hydrogen) atoms. The van der Waals surface area contributed by atoms with E-state index in [2.05, 4.69) is 26.8 Å². The maximum Gasteiger partial charge on any atom is 0.174 e. The number of carbonyl (C=O) groups excluding carboxylic acids is 1. The van der Waals surface area contributed by atoms with Crippen LogP contribution in [0.1, 0.15) is 93.5 Å². The van der Waals surface area contributed by atoms with E-state index in [4.69, 9.17) is 9.47 Å². The predicted octanol–water partition coefficient (Wildman–Crippen LogP) is 6.85. The zero-order chi connectivity index (χ0) is 26.2. The summed E-state index contributed by atoms with van der Waals surface area (Å²) in [6.07, 6.45) is 7.02. The van der Waals surface area contributed by atoms with Crippen molar-refractivity contribution in [3.63, 3.8) is 0 Å². The lowest BCUT2D eigenvalue weighted by Gasteiger charge is -2.38. The van der Waals surface area contributed by atoms with Crippen LogP contribution in [0.5, 0.6) is 28.7 Å². The summed E-state index contributed by atoms with van der Waals surface area (Å²) in [6.45, 7) is 10.1. The molecule has 2 aliphatic heterocycles. The first-order chi connectivity index (χ1) is 17.0. The third-order valence-corrected chi connectivity index (χ3v) is 7.08. The summed E-state index contributed by atoms with van der Waals surface area (Å²) in [7, 11) is 0. The van der Waals surface area contributed by atoms with Crippen LogP contribution in [-0.4, -0.2) is 26.7 Å². The van der Waals surface area contributed by atoms with Crippen LogP contribution >= 0.6 is 0 Å². The number of phenolic OH excluding ortho intramolecular Hbond substituents is 3. The predicted molar refractivity (Wildman–Crippen MR) is 139 cm³/mol. The Balaban J connectivity index is 1.64. The number of aromatic hydroxyl groups is 3. The molecule has 2 aromatic carbocycles. The number of hydrogen-bond donors (Lipinski definition) is 3. The van der Waals surface area contributed by atoms with Gasteiger partial charge in [-0.25, -0.2) is 0 Å². The molecular weight excluding hydrogens is 456 g/mol. The van der Waals surface area contributed by atoms with Gasteiger partial charge in [-0.15, -0.1) is 0 Å². The first kappa shape index (κ1) is 25.7. The molecule has 1 unspecified atom stereocenters. The van der Waals surface area contributed by atoms with Crippen molar-refractivity contribution in [1.82, 2.24) is 0 Å². The van der Waals surface area contributed by atoms with Gasteiger partial charge in [-0.05, 0) is 78.4 Å². The van der Waals surface area contributed by atoms with Crippen LogP contribution in [-0.2, 0) is 12.8 Å². The second kappa shape index (κ2) is 9.92. The molecule has 0 radical (unpaired) electrons. The van der Waals surface area contributed by atoms with Crippen molar-refractivity contribution in [3.8, 4) is 28.7 Å². The fourth-order valence-corrected chi connectivity index (χ4v) is 5.01. The van der Waals surface area contributed by atoms with E-state index < -0.39 is 11.7 Å². The highest BCUT2D eigenvalue weighted by Crippen LogP contribution is 2.49. The molecule has 3 N–H and O–H groups in total. The SMILES string of the molecule is CC(C)=CCCC1(C)CCc2c([C@@H]3CC(=O)c4c(cc(O)c(CC=C(C)C)c4O)O3)ccc(O)c2O1. The summed E-state index contributed by atoms with van der Waals surface area (Å²) in [5.74, 6) is 0.0980. The summed E-state index contributed by atoms with van der Waals surface area (Å²) in [4.78, 5) is 13.2. The van der Waals surface area contributed by atoms with Gasteiger partial charge in [-0.2, -0.15) is 0 Å². The van der Waals surface area contributed by atoms with Gasteiger partial charge < -0.3 is 24.8 Å². The van der Waals surface area contributed by atoms with E-state index in [1.54, 1.807) is 12.1 Å². The molecular formula is C30H36O6. The molecule has 2 heterocycles. The lowest BCUT2D eigenvalue weighted by molar-refractivity contribution is 0.0520. The summed E-state index contributed by atoms with van der Waals surface area (Å²) < 4.78 is 12.5. The van der Waals surface area contributed by atoms with E-state index in [1.165, 1.54) is 11.6 Å². The number of phenols is 3. The molecule has 0 spiro atoms. The first-order valence-corrected chi connectivity index (χ1v) is 12.6. The summed E-state index contributed by atoms with van der Waals surface area (Å²) in [5, 5.41) is 32.0. The topological polar surface area (TPSA) is 96.2 Å². The molecule has 0 fully saturated rings. The molecule has 0 saturated carbocycles. The van der Waals surface area contributed by atoms with Crippen LogP contribution in [0.3, 0.4) is 0 Å². The van der Waals surface area contributed by atoms with Crippen LogP contribution < -0.4 is 9.47 Å². The van der Waals surface area contributed by atoms with Gasteiger partial charge in [0.15, 0.2) is 17.3 Å². The monoisotopic (exact) mass is 492 g/mol. The number of carbonyl (C=O) groups is 1. The molecule has 2 atom stereocenters. The Morgan fingerprint density at radius 2 is 1.81 bits per heavy atom. The Kier molecular flexibility index (Phi) is 7.07. The van der Waals surface area contributed by atoms with E-state index >= 15 is 0 Å². The van der Waals surface area contributed by atoms with Gasteiger partial charge in [0.05, 0.1) is 6.42 Å². The molecule has 0 bridgehead atoms. The van der Waals surface area contributed by atoms with E-state index in [9.17, 15) is 20.1 Å². The average molecular weight is 493 g/mol. The molecule has 0 saturated heterocycles. The number of Topliss-reactive ketones (excluding diaryl/α,β-unsaturated/α-hetero) is 1. The summed E-state index contributed by atoms with van der Waals surface area (Å²) >= 11 is 0. The highest BCUT2D eigenvalue weighted by molar-refractivity contribution is 6.03. The Bertz CT molecular complexity index is 1250. The van der Waals surface area contributed by atoms with Crippen LogP contribution in [0.25, 0.3) is 0 Å². The molecule has 6 heteroatoms. The Hall–Kier alpha value is -3.41. The number of benzene rings is 2. The normalized spacial score (nSPS) is 20.5. The number of fused-ring (bicyclic) bond motifs is 2. The smallest absolute Gasteiger partial charge is 0.174 e. The van der Waals surface area contributed by atoms with E-state index in [-0.39, 0.29) is 40.8 Å². The Labute approximate surface area is 212 Å². The van der Waals surface area contributed by atoms with Crippen molar-refractivity contribution in [3.05, 3.63) is 63.8 Å². The molecule has 0 aliphatic carbocycles. The van der Waals surface area contributed by atoms with Crippen LogP contribution in [0, 0.1) is 0 Å². The second-order valence-electron chi connectivity index (χ2n) is 10.7. The quantitative estimate of drug-likeness (QED) is 0.382. The van der Waals surface area contributed by atoms with Crippen molar-refractivity contribution in [2.24, 2.45) is 0 Å². The average Bonchev–Trinajstić information content (AvgIpc) is 2.78. The molecule has 192 valence electrons. The molecule has 0 amide bonds. The molecule has 6 nitrogen and oxygen atoms in total. The number of ether oxygens (including phenoxy) is 2. The largest absolute Gasteiger partial charge is 0.507 e. The van der Waals surface area contributed by atoms with Gasteiger partial charge >= 0.3 is 0 Å². The summed E-state index contributed by atoms with van der Waals surface area (Å²) in [6, 6.07) is 4.77. The number of hydrogen-bond acceptors (Lipinski definition) is 6. The van der Waals surface area contributed by atoms with Gasteiger partial charge in [-0.1, -0.05) is 29.4 Å². The van der Waals surface area contributed by atoms with Crippen LogP contribution in [0.4, 0.5) is 0 Å². The highest BCUT2D eigenvalue weighted by atomic mass is 16.5. The third kappa shape index (κ3) is 5.08. The van der Waals surface area contributed by atoms with Gasteiger partial charge in [0.2, 0.25) is 0 Å². The highest BCUT2D eigenvalue weighted by Gasteiger charge is 2.38. The number of allylic oxidation sites excluding steroid dienone is 4. The lowest BCUT2D eigenvalue weighted by atomic mass is 9.84. The van der Waals surface area contributed by atoms with Gasteiger partial charge in [0.1, 0.15) is 34.5 Å². The van der Waals surface area contributed by atoms with E-state index in [1.807, 2.05) is 19.9 Å². The Morgan fingerprint density at radius 3 is 2.50 bits per heavy atom. The first-order valence-electron chi connectivity index (χ1n) is 12.6. The molecule has 2 aromatic rings. The molecule has 2 aliphatic rings. The van der Waals surface area contributed by atoms with Crippen LogP contribution in [0.15, 0.2) is 41.5 Å². The van der Waals surface area contributed by atoms with Crippen molar-refractivity contribution in [1.29, 1.82) is 0 Å². The number of ketones is 1. The molecule has 0 aromatic heterocycles. The fourth-order valence-electron chi connectivity index (χ4n) is 5.01. The Morgan fingerprint density at radius 1 is 1.08 bits per heavy atom. The minimum atomic E-state index is -0.611. The maximum absolute atomic E-state index is 13.2. The van der Waals surface area contributed by atoms with Crippen molar-refractivity contribution in [2.45, 2.75) is 84.8 Å². The minimum Gasteiger partial charge on any atom is -0.507 e. The maximum atomic E-state index is 13.2. The third-order valence-electron chi connectivity index (χ3n) is 7.08. The zero-order valence-corrected chi connectivity index (χ0v) is 21.8. The van der Waals surface area contributed by atoms with Crippen LogP contribution in [0.2, 0.25) is 0 Å². The van der Waals surface area contributed by atoms with E-state index in [0.717, 1.165) is 36.0 Å². The second-order valence-corrected chi connectivity index (χ2v) is 10.7. The minimum absolute atomic E-state index is 0.0441. The number of rotatable bonds is 6. The van der Waals surface area contributed by atoms with Crippen molar-refractivity contribution in [2.75, 3.05) is 0 Å². The fraction of sp³-hybridized carbons (Fsp3) is 0.433. The summed E-state index contributed by atoms with van der Waals surface area (Å²) in [5.41, 5.74) is 3.95. The van der Waals surface area contributed by atoms with E-state index in [0.29, 0.717) is 24.2 Å². The van der Waals surface area contributed by atoms with Gasteiger partial charge in [0, 0.05) is 17.2 Å². The van der Waals surface area contributed by atoms with Gasteiger partial charge in [0.25, 0.3) is 0 Å². The van der Waals surface area contributed by atoms with Crippen molar-refractivity contribution < 1.29 is 29.6 Å². The molecule has 4 rings (SSSR count). The standard InChI is InChI=1S/C30H36O6/c1-17(2)7-6-13-30(5)14-12-20-19(10-11-22(31)29(20)36-30)25-16-24(33)27-26(35-25)15-23(32)21(28(27)34)9-8-18(3)4/h7-8,10-11,15,25,31-32,34H,6,9,12-14,16H2,1-5H3/t25-,30?/m0/s1. The zero-order valence-electron chi connectivity index (χ0n) is 21.8. The van der Waals surface area contributed by atoms with Crippen molar-refractivity contribution >= 4 is 5.78 Å².